The van der Waals surface area contributed by atoms with Crippen LogP contribution in [0.2, 0.25) is 5.02 Å². The Morgan fingerprint density at radius 1 is 0.929 bits per heavy atom. The van der Waals surface area contributed by atoms with Gasteiger partial charge in [-0.05, 0) is 35.2 Å². The molecule has 2 heterocycles. The first kappa shape index (κ1) is 18.3. The quantitative estimate of drug-likeness (QED) is 0.693. The van der Waals surface area contributed by atoms with E-state index in [9.17, 15) is 9.59 Å². The summed E-state index contributed by atoms with van der Waals surface area (Å²) in [5.74, 6) is 0.0459. The molecule has 3 aromatic rings. The lowest BCUT2D eigenvalue weighted by atomic mass is 9.96. The molecule has 2 aromatic carbocycles. The van der Waals surface area contributed by atoms with Gasteiger partial charge in [0.15, 0.2) is 0 Å². The van der Waals surface area contributed by atoms with E-state index in [0.717, 1.165) is 28.7 Å². The van der Waals surface area contributed by atoms with Crippen LogP contribution in [0.4, 0.5) is 0 Å². The summed E-state index contributed by atoms with van der Waals surface area (Å²) in [5, 5.41) is 3.10. The predicted octanol–water partition coefficient (Wildman–Crippen LogP) is 4.41. The van der Waals surface area contributed by atoms with Crippen LogP contribution in [0.25, 0.3) is 16.7 Å². The van der Waals surface area contributed by atoms with Gasteiger partial charge in [0.25, 0.3) is 5.56 Å². The smallest absolute Gasteiger partial charge is 0.267 e. The minimum Gasteiger partial charge on any atom is -0.350 e. The monoisotopic (exact) mass is 390 g/mol. The van der Waals surface area contributed by atoms with Crippen LogP contribution in [0.5, 0.6) is 0 Å². The molecule has 1 amide bonds. The number of carbonyl (C=O) groups excluding carboxylic acids is 1. The lowest BCUT2D eigenvalue weighted by Gasteiger charge is -2.13. The molecule has 140 valence electrons. The van der Waals surface area contributed by atoms with Gasteiger partial charge in [0, 0.05) is 23.7 Å². The molecule has 28 heavy (non-hydrogen) atoms. The van der Waals surface area contributed by atoms with Gasteiger partial charge in [0.2, 0.25) is 5.91 Å². The van der Waals surface area contributed by atoms with E-state index in [-0.39, 0.29) is 22.5 Å². The van der Waals surface area contributed by atoms with Crippen LogP contribution < -0.4 is 10.9 Å². The Morgan fingerprint density at radius 3 is 2.29 bits per heavy atom. The average Bonchev–Trinajstić information content (AvgIpc) is 3.14. The highest BCUT2D eigenvalue weighted by molar-refractivity contribution is 6.30. The number of aromatic nitrogens is 1. The molecule has 0 saturated carbocycles. The Hall–Kier alpha value is -3.11. The maximum atomic E-state index is 12.0. The fourth-order valence-electron chi connectivity index (χ4n) is 3.39. The fourth-order valence-corrected chi connectivity index (χ4v) is 3.50. The van der Waals surface area contributed by atoms with Gasteiger partial charge in [-0.3, -0.25) is 9.59 Å². The second kappa shape index (κ2) is 7.87. The topological polar surface area (TPSA) is 62.0 Å². The third-order valence-corrected chi connectivity index (χ3v) is 5.15. The number of benzene rings is 2. The van der Waals surface area contributed by atoms with Crippen molar-refractivity contribution < 1.29 is 4.79 Å². The van der Waals surface area contributed by atoms with E-state index in [1.165, 1.54) is 0 Å². The Labute approximate surface area is 167 Å². The molecule has 4 rings (SSSR count). The zero-order chi connectivity index (χ0) is 19.5. The van der Waals surface area contributed by atoms with E-state index in [2.05, 4.69) is 34.6 Å². The molecule has 0 spiro atoms. The van der Waals surface area contributed by atoms with Crippen molar-refractivity contribution in [2.24, 2.45) is 0 Å². The van der Waals surface area contributed by atoms with Gasteiger partial charge < -0.3 is 10.3 Å². The number of hydrogen-bond donors (Lipinski definition) is 2. The summed E-state index contributed by atoms with van der Waals surface area (Å²) in [5.41, 5.74) is 4.41. The molecule has 2 N–H and O–H groups in total. The first-order valence-electron chi connectivity index (χ1n) is 9.16. The van der Waals surface area contributed by atoms with Crippen molar-refractivity contribution in [1.29, 1.82) is 0 Å². The minimum atomic E-state index is -0.332. The van der Waals surface area contributed by atoms with Crippen LogP contribution in [0.3, 0.4) is 0 Å². The van der Waals surface area contributed by atoms with E-state index in [4.69, 9.17) is 11.6 Å². The van der Waals surface area contributed by atoms with E-state index in [1.54, 1.807) is 12.1 Å². The maximum Gasteiger partial charge on any atom is 0.267 e. The van der Waals surface area contributed by atoms with Crippen molar-refractivity contribution in [3.05, 3.63) is 99.4 Å². The van der Waals surface area contributed by atoms with Gasteiger partial charge in [-0.2, -0.15) is 0 Å². The molecule has 0 unspecified atom stereocenters. The highest BCUT2D eigenvalue weighted by atomic mass is 35.5. The van der Waals surface area contributed by atoms with Crippen molar-refractivity contribution in [3.63, 3.8) is 0 Å². The third kappa shape index (κ3) is 3.92. The van der Waals surface area contributed by atoms with Gasteiger partial charge in [-0.1, -0.05) is 72.3 Å². The number of rotatable bonds is 4. The summed E-state index contributed by atoms with van der Waals surface area (Å²) < 4.78 is 0. The number of hydrogen-bond acceptors (Lipinski definition) is 2. The van der Waals surface area contributed by atoms with Gasteiger partial charge in [0.1, 0.15) is 5.02 Å². The molecule has 1 fully saturated rings. The van der Waals surface area contributed by atoms with E-state index in [1.807, 2.05) is 36.4 Å². The standard InChI is InChI=1S/C23H19ClN2O2/c24-20-11-12-21(26-23(20)28)19(14-18-10-13-22(27)25-18)17-8-6-16(7-9-17)15-4-2-1-3-5-15/h1-9,11-12,14,18H,10,13H2,(H,25,27)(H,26,28)/b19-14-/t18-/m1/s1. The highest BCUT2D eigenvalue weighted by Gasteiger charge is 2.20. The maximum absolute atomic E-state index is 12.0. The summed E-state index contributed by atoms with van der Waals surface area (Å²) in [7, 11) is 0. The van der Waals surface area contributed by atoms with Crippen LogP contribution in [-0.4, -0.2) is 16.9 Å². The average molecular weight is 391 g/mol. The first-order valence-corrected chi connectivity index (χ1v) is 9.54. The normalized spacial score (nSPS) is 16.8. The summed E-state index contributed by atoms with van der Waals surface area (Å²) in [6.07, 6.45) is 3.25. The molecule has 0 radical (unpaired) electrons. The number of halogens is 1. The minimum absolute atomic E-state index is 0.0459. The molecule has 1 saturated heterocycles. The second-order valence-corrected chi connectivity index (χ2v) is 7.19. The molecule has 1 atom stereocenters. The predicted molar refractivity (Wildman–Crippen MR) is 112 cm³/mol. The Morgan fingerprint density at radius 2 is 1.64 bits per heavy atom. The molecule has 0 bridgehead atoms. The van der Waals surface area contributed by atoms with Crippen LogP contribution in [0.1, 0.15) is 24.1 Å². The molecule has 1 aliphatic heterocycles. The summed E-state index contributed by atoms with van der Waals surface area (Å²) in [6.45, 7) is 0. The number of aromatic amines is 1. The van der Waals surface area contributed by atoms with Crippen LogP contribution in [0, 0.1) is 0 Å². The van der Waals surface area contributed by atoms with Crippen LogP contribution in [-0.2, 0) is 4.79 Å². The van der Waals surface area contributed by atoms with Crippen molar-refractivity contribution in [2.45, 2.75) is 18.9 Å². The van der Waals surface area contributed by atoms with Gasteiger partial charge in [0.05, 0.1) is 0 Å². The number of carbonyl (C=O) groups is 1. The lowest BCUT2D eigenvalue weighted by Crippen LogP contribution is -2.23. The molecule has 0 aliphatic carbocycles. The second-order valence-electron chi connectivity index (χ2n) is 6.79. The zero-order valence-corrected chi connectivity index (χ0v) is 15.9. The van der Waals surface area contributed by atoms with Gasteiger partial charge in [-0.15, -0.1) is 0 Å². The molecular weight excluding hydrogens is 372 g/mol. The first-order chi connectivity index (χ1) is 13.6. The van der Waals surface area contributed by atoms with Crippen molar-refractivity contribution in [2.75, 3.05) is 0 Å². The van der Waals surface area contributed by atoms with E-state index >= 15 is 0 Å². The van der Waals surface area contributed by atoms with Gasteiger partial charge in [-0.25, -0.2) is 0 Å². The summed E-state index contributed by atoms with van der Waals surface area (Å²) in [4.78, 5) is 26.4. The summed E-state index contributed by atoms with van der Waals surface area (Å²) >= 11 is 5.89. The zero-order valence-electron chi connectivity index (χ0n) is 15.1. The lowest BCUT2D eigenvalue weighted by molar-refractivity contribution is -0.119. The molecule has 1 aliphatic rings. The van der Waals surface area contributed by atoms with Crippen molar-refractivity contribution in [3.8, 4) is 11.1 Å². The van der Waals surface area contributed by atoms with E-state index in [0.29, 0.717) is 12.1 Å². The Balaban J connectivity index is 1.74. The van der Waals surface area contributed by atoms with Gasteiger partial charge >= 0.3 is 0 Å². The van der Waals surface area contributed by atoms with Crippen molar-refractivity contribution >= 4 is 23.1 Å². The molecule has 4 nitrogen and oxygen atoms in total. The number of nitrogens with one attached hydrogen (secondary N) is 2. The number of H-pyrrole nitrogens is 1. The molecule has 1 aromatic heterocycles. The summed E-state index contributed by atoms with van der Waals surface area (Å²) in [6, 6.07) is 21.6. The van der Waals surface area contributed by atoms with Crippen molar-refractivity contribution in [1.82, 2.24) is 10.3 Å². The van der Waals surface area contributed by atoms with Crippen LogP contribution >= 0.6 is 11.6 Å². The third-order valence-electron chi connectivity index (χ3n) is 4.85. The fraction of sp³-hybridized carbons (Fsp3) is 0.130. The Bertz CT molecular complexity index is 1090. The van der Waals surface area contributed by atoms with Crippen LogP contribution in [0.15, 0.2) is 77.6 Å². The van der Waals surface area contributed by atoms with E-state index < -0.39 is 0 Å². The molecule has 5 heteroatoms. The largest absolute Gasteiger partial charge is 0.350 e. The number of pyridine rings is 1. The SMILES string of the molecule is O=C1CC[C@H](/C=C(/c2ccc(-c3ccccc3)cc2)c2ccc(Cl)c(=O)[nH]2)N1. The Kier molecular flexibility index (Phi) is 5.13. The molecular formula is C23H19ClN2O2. The highest BCUT2D eigenvalue weighted by Crippen LogP contribution is 2.27. The number of amides is 1.